The molecule has 74 valence electrons. The van der Waals surface area contributed by atoms with Crippen LogP contribution in [0.2, 0.25) is 13.1 Å². The molecule has 0 bridgehead atoms. The molecule has 0 unspecified atom stereocenters. The molecule has 0 rings (SSSR count). The van der Waals surface area contributed by atoms with Gasteiger partial charge in [-0.25, -0.2) is 0 Å². The quantitative estimate of drug-likeness (QED) is 0.598. The SMILES string of the molecule is CC(C)CN(CC(C)C)[SiH](C)C. The fourth-order valence-corrected chi connectivity index (χ4v) is 3.12. The monoisotopic (exact) mass is 187 g/mol. The third-order valence-electron chi connectivity index (χ3n) is 1.93. The maximum atomic E-state index is 2.70. The van der Waals surface area contributed by atoms with Crippen molar-refractivity contribution in [3.63, 3.8) is 0 Å². The Labute approximate surface area is 79.8 Å². The summed E-state index contributed by atoms with van der Waals surface area (Å²) in [5.74, 6) is 1.64. The molecule has 0 N–H and O–H groups in total. The van der Waals surface area contributed by atoms with Gasteiger partial charge in [0, 0.05) is 0 Å². The first-order chi connectivity index (χ1) is 5.43. The molecule has 1 nitrogen and oxygen atoms in total. The Balaban J connectivity index is 3.87. The maximum Gasteiger partial charge on any atom is 0.105 e. The summed E-state index contributed by atoms with van der Waals surface area (Å²) < 4.78 is 2.70. The zero-order valence-electron chi connectivity index (χ0n) is 9.59. The number of rotatable bonds is 5. The summed E-state index contributed by atoms with van der Waals surface area (Å²) in [7, 11) is -0.564. The molecule has 12 heavy (non-hydrogen) atoms. The van der Waals surface area contributed by atoms with Crippen LogP contribution >= 0.6 is 0 Å². The molecular formula is C10H25NSi. The van der Waals surface area contributed by atoms with E-state index in [0.717, 1.165) is 11.8 Å². The fourth-order valence-electron chi connectivity index (χ4n) is 1.43. The van der Waals surface area contributed by atoms with Gasteiger partial charge in [-0.2, -0.15) is 0 Å². The maximum absolute atomic E-state index is 2.70. The van der Waals surface area contributed by atoms with E-state index in [0.29, 0.717) is 0 Å². The molecule has 0 aliphatic rings. The average molecular weight is 187 g/mol. The normalized spacial score (nSPS) is 12.5. The molecular weight excluding hydrogens is 162 g/mol. The van der Waals surface area contributed by atoms with Crippen molar-refractivity contribution in [1.29, 1.82) is 0 Å². The van der Waals surface area contributed by atoms with E-state index in [1.54, 1.807) is 0 Å². The molecule has 0 saturated carbocycles. The fraction of sp³-hybridized carbons (Fsp3) is 1.00. The van der Waals surface area contributed by atoms with Crippen LogP contribution in [0, 0.1) is 11.8 Å². The van der Waals surface area contributed by atoms with E-state index in [9.17, 15) is 0 Å². The lowest BCUT2D eigenvalue weighted by molar-refractivity contribution is 0.339. The molecule has 2 heteroatoms. The lowest BCUT2D eigenvalue weighted by atomic mass is 10.2. The highest BCUT2D eigenvalue weighted by Gasteiger charge is 2.12. The molecule has 0 aromatic heterocycles. The topological polar surface area (TPSA) is 3.24 Å². The van der Waals surface area contributed by atoms with Crippen LogP contribution in [0.5, 0.6) is 0 Å². The number of hydrogen-bond donors (Lipinski definition) is 0. The van der Waals surface area contributed by atoms with Crippen LogP contribution in [0.15, 0.2) is 0 Å². The van der Waals surface area contributed by atoms with Gasteiger partial charge >= 0.3 is 0 Å². The zero-order valence-corrected chi connectivity index (χ0v) is 10.7. The van der Waals surface area contributed by atoms with Gasteiger partial charge in [-0.1, -0.05) is 40.8 Å². The van der Waals surface area contributed by atoms with Gasteiger partial charge in [-0.15, -0.1) is 0 Å². The summed E-state index contributed by atoms with van der Waals surface area (Å²) in [4.78, 5) is 0. The largest absolute Gasteiger partial charge is 0.326 e. The third kappa shape index (κ3) is 5.78. The summed E-state index contributed by atoms with van der Waals surface area (Å²) in [6.07, 6.45) is 0. The lowest BCUT2D eigenvalue weighted by Crippen LogP contribution is -2.39. The molecule has 0 heterocycles. The molecule has 0 amide bonds. The smallest absolute Gasteiger partial charge is 0.105 e. The lowest BCUT2D eigenvalue weighted by Gasteiger charge is -2.29. The molecule has 0 aromatic rings. The predicted molar refractivity (Wildman–Crippen MR) is 60.1 cm³/mol. The van der Waals surface area contributed by atoms with Gasteiger partial charge in [0.15, 0.2) is 0 Å². The highest BCUT2D eigenvalue weighted by molar-refractivity contribution is 6.52. The van der Waals surface area contributed by atoms with Crippen LogP contribution in [0.3, 0.4) is 0 Å². The molecule has 0 radical (unpaired) electrons. The second-order valence-electron chi connectivity index (χ2n) is 4.84. The van der Waals surface area contributed by atoms with Crippen molar-refractivity contribution in [2.24, 2.45) is 11.8 Å². The molecule has 0 fully saturated rings. The van der Waals surface area contributed by atoms with Gasteiger partial charge in [0.05, 0.1) is 0 Å². The van der Waals surface area contributed by atoms with Gasteiger partial charge in [0.25, 0.3) is 0 Å². The minimum Gasteiger partial charge on any atom is -0.326 e. The van der Waals surface area contributed by atoms with Crippen LogP contribution in [0.1, 0.15) is 27.7 Å². The Morgan fingerprint density at radius 3 is 1.42 bits per heavy atom. The second kappa shape index (κ2) is 5.76. The van der Waals surface area contributed by atoms with E-state index in [2.05, 4.69) is 45.4 Å². The van der Waals surface area contributed by atoms with Gasteiger partial charge in [0.2, 0.25) is 0 Å². The van der Waals surface area contributed by atoms with E-state index in [1.165, 1.54) is 13.1 Å². The highest BCUT2D eigenvalue weighted by Crippen LogP contribution is 2.05. The van der Waals surface area contributed by atoms with Crippen molar-refractivity contribution in [3.8, 4) is 0 Å². The third-order valence-corrected chi connectivity index (χ3v) is 3.81. The molecule has 0 aliphatic carbocycles. The molecule has 0 aliphatic heterocycles. The Morgan fingerprint density at radius 2 is 1.25 bits per heavy atom. The van der Waals surface area contributed by atoms with Crippen LogP contribution < -0.4 is 0 Å². The first kappa shape index (κ1) is 12.2. The van der Waals surface area contributed by atoms with Crippen molar-refractivity contribution in [2.45, 2.75) is 40.8 Å². The summed E-state index contributed by atoms with van der Waals surface area (Å²) in [6, 6.07) is 0. The zero-order chi connectivity index (χ0) is 9.72. The first-order valence-corrected chi connectivity index (χ1v) is 8.00. The first-order valence-electron chi connectivity index (χ1n) is 5.17. The number of nitrogens with zero attached hydrogens (tertiary/aromatic N) is 1. The molecule has 0 atom stereocenters. The Kier molecular flexibility index (Phi) is 5.84. The van der Waals surface area contributed by atoms with Crippen molar-refractivity contribution < 1.29 is 0 Å². The van der Waals surface area contributed by atoms with Gasteiger partial charge in [0.1, 0.15) is 8.96 Å². The van der Waals surface area contributed by atoms with Crippen LogP contribution in [0.4, 0.5) is 0 Å². The predicted octanol–water partition coefficient (Wildman–Crippen LogP) is 2.58. The minimum absolute atomic E-state index is 0.564. The van der Waals surface area contributed by atoms with Crippen molar-refractivity contribution >= 4 is 8.96 Å². The Bertz CT molecular complexity index is 100. The van der Waals surface area contributed by atoms with Crippen LogP contribution in [-0.4, -0.2) is 26.6 Å². The van der Waals surface area contributed by atoms with Gasteiger partial charge < -0.3 is 4.57 Å². The van der Waals surface area contributed by atoms with E-state index in [-0.39, 0.29) is 0 Å². The average Bonchev–Trinajstić information content (AvgIpc) is 1.83. The van der Waals surface area contributed by atoms with Crippen LogP contribution in [0.25, 0.3) is 0 Å². The summed E-state index contributed by atoms with van der Waals surface area (Å²) in [6.45, 7) is 16.7. The Morgan fingerprint density at radius 1 is 0.917 bits per heavy atom. The van der Waals surface area contributed by atoms with Gasteiger partial charge in [-0.05, 0) is 24.9 Å². The highest BCUT2D eigenvalue weighted by atomic mass is 28.3. The summed E-state index contributed by atoms with van der Waals surface area (Å²) in [5.41, 5.74) is 0. The van der Waals surface area contributed by atoms with Gasteiger partial charge in [-0.3, -0.25) is 0 Å². The van der Waals surface area contributed by atoms with E-state index < -0.39 is 8.96 Å². The standard InChI is InChI=1S/C10H25NSi/c1-9(2)7-11(12(5)6)8-10(3)4/h9-10,12H,7-8H2,1-6H3. The Hall–Kier alpha value is 0.177. The van der Waals surface area contributed by atoms with E-state index in [4.69, 9.17) is 0 Å². The van der Waals surface area contributed by atoms with Crippen molar-refractivity contribution in [2.75, 3.05) is 13.1 Å². The molecule has 0 saturated heterocycles. The second-order valence-corrected chi connectivity index (χ2v) is 7.75. The van der Waals surface area contributed by atoms with Crippen molar-refractivity contribution in [3.05, 3.63) is 0 Å². The molecule has 0 spiro atoms. The van der Waals surface area contributed by atoms with E-state index >= 15 is 0 Å². The van der Waals surface area contributed by atoms with Crippen molar-refractivity contribution in [1.82, 2.24) is 4.57 Å². The minimum atomic E-state index is -0.564. The summed E-state index contributed by atoms with van der Waals surface area (Å²) >= 11 is 0. The summed E-state index contributed by atoms with van der Waals surface area (Å²) in [5, 5.41) is 0. The van der Waals surface area contributed by atoms with E-state index in [1.807, 2.05) is 0 Å². The molecule has 0 aromatic carbocycles. The number of hydrogen-bond acceptors (Lipinski definition) is 1. The van der Waals surface area contributed by atoms with Crippen LogP contribution in [-0.2, 0) is 0 Å².